The van der Waals surface area contributed by atoms with Crippen molar-refractivity contribution in [1.82, 2.24) is 4.90 Å². The Morgan fingerprint density at radius 3 is 2.60 bits per heavy atom. The molecule has 1 aliphatic rings. The van der Waals surface area contributed by atoms with Crippen LogP contribution in [0.1, 0.15) is 20.3 Å². The van der Waals surface area contributed by atoms with Crippen molar-refractivity contribution in [2.24, 2.45) is 4.99 Å². The van der Waals surface area contributed by atoms with E-state index in [4.69, 9.17) is 9.47 Å². The van der Waals surface area contributed by atoms with Crippen molar-refractivity contribution in [2.75, 3.05) is 25.6 Å². The summed E-state index contributed by atoms with van der Waals surface area (Å²) in [7, 11) is 1.57. The molecule has 1 aliphatic heterocycles. The Morgan fingerprint density at radius 1 is 1.20 bits per heavy atom. The van der Waals surface area contributed by atoms with Crippen LogP contribution >= 0.6 is 11.8 Å². The molecule has 2 aromatic rings. The maximum absolute atomic E-state index is 12.8. The molecule has 2 aromatic carbocycles. The zero-order chi connectivity index (χ0) is 21.5. The highest BCUT2D eigenvalue weighted by molar-refractivity contribution is 8.15. The lowest BCUT2D eigenvalue weighted by molar-refractivity contribution is -0.129. The van der Waals surface area contributed by atoms with E-state index in [1.54, 1.807) is 42.3 Å². The molecule has 0 radical (unpaired) electrons. The van der Waals surface area contributed by atoms with Gasteiger partial charge in [0, 0.05) is 18.7 Å². The fourth-order valence-electron chi connectivity index (χ4n) is 3.00. The van der Waals surface area contributed by atoms with Crippen LogP contribution in [-0.4, -0.2) is 47.4 Å². The lowest BCUT2D eigenvalue weighted by Gasteiger charge is -2.31. The van der Waals surface area contributed by atoms with E-state index in [0.717, 1.165) is 5.75 Å². The van der Waals surface area contributed by atoms with Crippen LogP contribution in [0.4, 0.5) is 11.4 Å². The van der Waals surface area contributed by atoms with E-state index in [0.29, 0.717) is 35.4 Å². The average molecular weight is 428 g/mol. The number of nitrogens with zero attached hydrogens (tertiary/aromatic N) is 2. The van der Waals surface area contributed by atoms with Gasteiger partial charge in [-0.1, -0.05) is 23.9 Å². The predicted octanol–water partition coefficient (Wildman–Crippen LogP) is 4.07. The molecule has 1 atom stereocenters. The minimum atomic E-state index is -0.569. The first-order chi connectivity index (χ1) is 14.5. The van der Waals surface area contributed by atoms with Gasteiger partial charge in [-0.15, -0.1) is 0 Å². The molecular formula is C22H25N3O4S. The van der Waals surface area contributed by atoms with Crippen molar-refractivity contribution in [2.45, 2.75) is 25.5 Å². The number of aliphatic imine (C=N–C) groups is 1. The first-order valence-corrected chi connectivity index (χ1v) is 10.7. The summed E-state index contributed by atoms with van der Waals surface area (Å²) in [5.41, 5.74) is 1.26. The second kappa shape index (κ2) is 10.2. The van der Waals surface area contributed by atoms with E-state index in [1.165, 1.54) is 11.8 Å². The van der Waals surface area contributed by atoms with Crippen molar-refractivity contribution in [1.29, 1.82) is 0 Å². The molecule has 0 bridgehead atoms. The molecule has 0 spiro atoms. The molecule has 3 rings (SSSR count). The van der Waals surface area contributed by atoms with E-state index in [9.17, 15) is 9.59 Å². The standard InChI is InChI=1S/C22H25N3O4S/c1-4-25-20(26)14-19(21(27)23-15-10-12-16(13-11-15)29-5-2)30-22(25)24-17-8-6-7-9-18(17)28-3/h6-13,19H,4-5,14H2,1-3H3,(H,23,27)/t19-/m0/s1. The summed E-state index contributed by atoms with van der Waals surface area (Å²) in [5.74, 6) is 0.982. The molecule has 0 aromatic heterocycles. The Bertz CT molecular complexity index is 930. The number of anilines is 1. The summed E-state index contributed by atoms with van der Waals surface area (Å²) in [6.07, 6.45) is 0.117. The number of hydrogen-bond donors (Lipinski definition) is 1. The monoisotopic (exact) mass is 427 g/mol. The van der Waals surface area contributed by atoms with E-state index < -0.39 is 5.25 Å². The Kier molecular flexibility index (Phi) is 7.35. The largest absolute Gasteiger partial charge is 0.494 e. The lowest BCUT2D eigenvalue weighted by atomic mass is 10.2. The number of nitrogens with one attached hydrogen (secondary N) is 1. The van der Waals surface area contributed by atoms with Gasteiger partial charge in [-0.25, -0.2) is 4.99 Å². The van der Waals surface area contributed by atoms with Crippen LogP contribution in [0.25, 0.3) is 0 Å². The number of para-hydroxylation sites is 2. The summed E-state index contributed by atoms with van der Waals surface area (Å²) in [6.45, 7) is 4.86. The fraction of sp³-hybridized carbons (Fsp3) is 0.318. The maximum atomic E-state index is 12.8. The third kappa shape index (κ3) is 5.13. The van der Waals surface area contributed by atoms with Crippen molar-refractivity contribution in [3.63, 3.8) is 0 Å². The number of hydrogen-bond acceptors (Lipinski definition) is 6. The number of benzene rings is 2. The van der Waals surface area contributed by atoms with Gasteiger partial charge in [0.2, 0.25) is 11.8 Å². The third-order valence-corrected chi connectivity index (χ3v) is 5.67. The smallest absolute Gasteiger partial charge is 0.238 e. The lowest BCUT2D eigenvalue weighted by Crippen LogP contribution is -2.45. The number of rotatable bonds is 7. The van der Waals surface area contributed by atoms with Crippen LogP contribution in [0.15, 0.2) is 53.5 Å². The molecule has 0 unspecified atom stereocenters. The highest BCUT2D eigenvalue weighted by Crippen LogP contribution is 2.33. The molecule has 1 heterocycles. The van der Waals surface area contributed by atoms with Gasteiger partial charge in [0.25, 0.3) is 0 Å². The summed E-state index contributed by atoms with van der Waals surface area (Å²) < 4.78 is 10.8. The normalized spacial score (nSPS) is 17.7. The first-order valence-electron chi connectivity index (χ1n) is 9.78. The molecule has 158 valence electrons. The topological polar surface area (TPSA) is 80.2 Å². The number of ether oxygens (including phenoxy) is 2. The van der Waals surface area contributed by atoms with E-state index in [1.807, 2.05) is 32.0 Å². The number of amidine groups is 1. The zero-order valence-corrected chi connectivity index (χ0v) is 18.1. The minimum Gasteiger partial charge on any atom is -0.494 e. The van der Waals surface area contributed by atoms with Crippen molar-refractivity contribution >= 4 is 40.1 Å². The molecule has 7 nitrogen and oxygen atoms in total. The predicted molar refractivity (Wildman–Crippen MR) is 120 cm³/mol. The molecule has 1 N–H and O–H groups in total. The van der Waals surface area contributed by atoms with Gasteiger partial charge in [0.05, 0.1) is 13.7 Å². The molecule has 0 aliphatic carbocycles. The van der Waals surface area contributed by atoms with Crippen LogP contribution in [-0.2, 0) is 9.59 Å². The second-order valence-corrected chi connectivity index (χ2v) is 7.63. The van der Waals surface area contributed by atoms with Crippen molar-refractivity contribution in [3.8, 4) is 11.5 Å². The van der Waals surface area contributed by atoms with Gasteiger partial charge in [-0.2, -0.15) is 0 Å². The zero-order valence-electron chi connectivity index (χ0n) is 17.3. The van der Waals surface area contributed by atoms with Crippen LogP contribution < -0.4 is 14.8 Å². The summed E-state index contributed by atoms with van der Waals surface area (Å²) in [5, 5.41) is 2.80. The Morgan fingerprint density at radius 2 is 1.93 bits per heavy atom. The van der Waals surface area contributed by atoms with Gasteiger partial charge in [0.1, 0.15) is 22.4 Å². The summed E-state index contributed by atoms with van der Waals surface area (Å²) >= 11 is 1.28. The Hall–Kier alpha value is -3.00. The molecule has 8 heteroatoms. The van der Waals surface area contributed by atoms with Gasteiger partial charge < -0.3 is 14.8 Å². The van der Waals surface area contributed by atoms with Crippen molar-refractivity contribution < 1.29 is 19.1 Å². The molecule has 2 amide bonds. The Labute approximate surface area is 180 Å². The third-order valence-electron chi connectivity index (χ3n) is 4.48. The van der Waals surface area contributed by atoms with E-state index >= 15 is 0 Å². The fourth-order valence-corrected chi connectivity index (χ4v) is 4.16. The number of carbonyl (C=O) groups excluding carboxylic acids is 2. The maximum Gasteiger partial charge on any atom is 0.238 e. The van der Waals surface area contributed by atoms with Gasteiger partial charge in [0.15, 0.2) is 5.17 Å². The van der Waals surface area contributed by atoms with Crippen LogP contribution in [0, 0.1) is 0 Å². The minimum absolute atomic E-state index is 0.117. The van der Waals surface area contributed by atoms with Crippen LogP contribution in [0.2, 0.25) is 0 Å². The van der Waals surface area contributed by atoms with Gasteiger partial charge >= 0.3 is 0 Å². The van der Waals surface area contributed by atoms with Gasteiger partial charge in [-0.3, -0.25) is 14.5 Å². The van der Waals surface area contributed by atoms with E-state index in [-0.39, 0.29) is 18.2 Å². The number of methoxy groups -OCH3 is 1. The van der Waals surface area contributed by atoms with Gasteiger partial charge in [-0.05, 0) is 50.2 Å². The highest BCUT2D eigenvalue weighted by Gasteiger charge is 2.35. The molecule has 1 saturated heterocycles. The summed E-state index contributed by atoms with van der Waals surface area (Å²) in [4.78, 5) is 31.7. The van der Waals surface area contributed by atoms with Crippen molar-refractivity contribution in [3.05, 3.63) is 48.5 Å². The number of carbonyl (C=O) groups is 2. The van der Waals surface area contributed by atoms with Crippen LogP contribution in [0.5, 0.6) is 11.5 Å². The molecule has 0 saturated carbocycles. The second-order valence-electron chi connectivity index (χ2n) is 6.46. The number of amides is 2. The highest BCUT2D eigenvalue weighted by atomic mass is 32.2. The molecular weight excluding hydrogens is 402 g/mol. The number of thioether (sulfide) groups is 1. The summed E-state index contributed by atoms with van der Waals surface area (Å²) in [6, 6.07) is 14.5. The first kappa shape index (κ1) is 21.7. The average Bonchev–Trinajstić information content (AvgIpc) is 2.75. The van der Waals surface area contributed by atoms with Crippen LogP contribution in [0.3, 0.4) is 0 Å². The Balaban J connectivity index is 1.78. The molecule has 1 fully saturated rings. The molecule has 30 heavy (non-hydrogen) atoms. The SMILES string of the molecule is CCOc1ccc(NC(=O)[C@@H]2CC(=O)N(CC)C(=Nc3ccccc3OC)S2)cc1. The van der Waals surface area contributed by atoms with E-state index in [2.05, 4.69) is 10.3 Å². The quantitative estimate of drug-likeness (QED) is 0.720.